The molecule has 1 N–H and O–H groups in total. The Kier molecular flexibility index (Phi) is 11.6. The molecule has 0 heterocycles. The summed E-state index contributed by atoms with van der Waals surface area (Å²) in [5, 5.41) is 9.02. The van der Waals surface area contributed by atoms with Gasteiger partial charge in [-0.05, 0) is 53.2 Å². The van der Waals surface area contributed by atoms with E-state index >= 15 is 0 Å². The molecule has 0 spiro atoms. The summed E-state index contributed by atoms with van der Waals surface area (Å²) in [6, 6.07) is 25.6. The quantitative estimate of drug-likeness (QED) is 0.119. The number of rotatable bonds is 13. The van der Waals surface area contributed by atoms with Gasteiger partial charge in [-0.1, -0.05) is 84.4 Å². The summed E-state index contributed by atoms with van der Waals surface area (Å²) in [6.45, 7) is 1.85. The highest BCUT2D eigenvalue weighted by Gasteiger charge is 2.34. The van der Waals surface area contributed by atoms with Crippen LogP contribution in [0.2, 0.25) is 5.02 Å². The van der Waals surface area contributed by atoms with Gasteiger partial charge in [0.2, 0.25) is 0 Å². The molecule has 234 valence electrons. The molecule has 2 atom stereocenters. The van der Waals surface area contributed by atoms with Crippen LogP contribution in [0.1, 0.15) is 47.1 Å². The van der Waals surface area contributed by atoms with E-state index < -0.39 is 46.2 Å². The molecule has 44 heavy (non-hydrogen) atoms. The normalized spacial score (nSPS) is 13.3. The first-order valence-electron chi connectivity index (χ1n) is 13.8. The van der Waals surface area contributed by atoms with E-state index in [1.54, 1.807) is 13.0 Å². The molecule has 0 aliphatic heterocycles. The molecule has 4 rings (SSSR count). The zero-order valence-corrected chi connectivity index (χ0v) is 25.3. The molecule has 0 saturated heterocycles. The predicted molar refractivity (Wildman–Crippen MR) is 161 cm³/mol. The van der Waals surface area contributed by atoms with Gasteiger partial charge < -0.3 is 14.4 Å². The first kappa shape index (κ1) is 33.6. The molecular formula is C33H31ClF4NO4S-. The molecule has 0 amide bonds. The largest absolute Gasteiger partial charge is 0.768 e. The lowest BCUT2D eigenvalue weighted by molar-refractivity contribution is -0.137. The highest BCUT2D eigenvalue weighted by molar-refractivity contribution is 7.79. The Hall–Kier alpha value is -3.28. The number of ether oxygens (including phenoxy) is 1. The predicted octanol–water partition coefficient (Wildman–Crippen LogP) is 7.72. The Bertz CT molecular complexity index is 1520. The molecule has 0 aromatic heterocycles. The number of halogens is 5. The van der Waals surface area contributed by atoms with Crippen molar-refractivity contribution in [3.05, 3.63) is 130 Å². The van der Waals surface area contributed by atoms with Crippen molar-refractivity contribution in [3.8, 4) is 5.75 Å². The molecule has 0 bridgehead atoms. The van der Waals surface area contributed by atoms with E-state index in [4.69, 9.17) is 16.3 Å². The summed E-state index contributed by atoms with van der Waals surface area (Å²) in [5.41, 5.74) is 1.12. The van der Waals surface area contributed by atoms with Crippen molar-refractivity contribution in [2.45, 2.75) is 49.6 Å². The molecule has 4 aromatic rings. The maximum Gasteiger partial charge on any atom is 0.417 e. The van der Waals surface area contributed by atoms with Crippen LogP contribution in [-0.4, -0.2) is 38.0 Å². The van der Waals surface area contributed by atoms with Gasteiger partial charge in [-0.25, -0.2) is 4.39 Å². The number of alkyl halides is 3. The minimum atomic E-state index is -4.61. The maximum atomic E-state index is 14.5. The van der Waals surface area contributed by atoms with Gasteiger partial charge in [0.25, 0.3) is 0 Å². The monoisotopic (exact) mass is 648 g/mol. The first-order valence-corrected chi connectivity index (χ1v) is 15.3. The number of aliphatic hydroxyl groups is 1. The second-order valence-corrected chi connectivity index (χ2v) is 11.7. The summed E-state index contributed by atoms with van der Waals surface area (Å²) in [7, 11) is 0. The zero-order valence-electron chi connectivity index (χ0n) is 23.8. The standard InChI is InChI=1S/C33H32ClF4NO4S/c1-22(43-26-17-30(35)28(21-40)31(18-26)44(41)42)15-16-39(19-25-13-8-14-29(32(25)34)33(36,37)38)20-27(23-9-4-2-5-10-23)24-11-6-3-7-12-24/h2-14,17-18,22,27,40H,15-16,19-21H2,1H3,(H,41,42)/p-1/t22-/m1/s1. The van der Waals surface area contributed by atoms with Crippen molar-refractivity contribution in [2.75, 3.05) is 13.1 Å². The Morgan fingerprint density at radius 3 is 2.14 bits per heavy atom. The number of hydrogen-bond donors (Lipinski definition) is 1. The van der Waals surface area contributed by atoms with E-state index in [1.165, 1.54) is 6.07 Å². The zero-order chi connectivity index (χ0) is 31.9. The van der Waals surface area contributed by atoms with E-state index in [-0.39, 0.29) is 28.8 Å². The molecule has 0 radical (unpaired) electrons. The van der Waals surface area contributed by atoms with Gasteiger partial charge in [-0.2, -0.15) is 13.2 Å². The number of nitrogens with zero attached hydrogens (tertiary/aromatic N) is 1. The Balaban J connectivity index is 1.61. The fraction of sp³-hybridized carbons (Fsp3) is 0.273. The Morgan fingerprint density at radius 2 is 1.59 bits per heavy atom. The first-order chi connectivity index (χ1) is 21.0. The summed E-state index contributed by atoms with van der Waals surface area (Å²) < 4.78 is 84.4. The summed E-state index contributed by atoms with van der Waals surface area (Å²) in [4.78, 5) is 1.60. The second kappa shape index (κ2) is 15.1. The fourth-order valence-corrected chi connectivity index (χ4v) is 5.91. The van der Waals surface area contributed by atoms with Gasteiger partial charge in [0, 0.05) is 42.1 Å². The molecule has 4 aromatic carbocycles. The molecule has 0 aliphatic rings. The van der Waals surface area contributed by atoms with Crippen LogP contribution in [0.4, 0.5) is 17.6 Å². The van der Waals surface area contributed by atoms with E-state index in [1.807, 2.05) is 65.6 Å². The molecule has 0 saturated carbocycles. The summed E-state index contributed by atoms with van der Waals surface area (Å²) >= 11 is 3.49. The fourth-order valence-electron chi connectivity index (χ4n) is 5.04. The van der Waals surface area contributed by atoms with Gasteiger partial charge in [-0.15, -0.1) is 0 Å². The van der Waals surface area contributed by atoms with Crippen LogP contribution in [-0.2, 0) is 30.4 Å². The van der Waals surface area contributed by atoms with Gasteiger partial charge in [0.1, 0.15) is 11.6 Å². The lowest BCUT2D eigenvalue weighted by Gasteiger charge is -2.30. The third-order valence-corrected chi connectivity index (χ3v) is 8.45. The van der Waals surface area contributed by atoms with Crippen molar-refractivity contribution >= 4 is 22.7 Å². The van der Waals surface area contributed by atoms with Crippen LogP contribution in [0.3, 0.4) is 0 Å². The van der Waals surface area contributed by atoms with Crippen molar-refractivity contribution in [3.63, 3.8) is 0 Å². The molecule has 11 heteroatoms. The van der Waals surface area contributed by atoms with Crippen LogP contribution in [0.5, 0.6) is 5.75 Å². The van der Waals surface area contributed by atoms with Gasteiger partial charge in [-0.3, -0.25) is 9.11 Å². The average Bonchev–Trinajstić information content (AvgIpc) is 2.99. The Labute approximate surface area is 261 Å². The second-order valence-electron chi connectivity index (χ2n) is 10.4. The maximum absolute atomic E-state index is 14.5. The van der Waals surface area contributed by atoms with E-state index in [0.717, 1.165) is 29.3 Å². The van der Waals surface area contributed by atoms with Crippen molar-refractivity contribution in [1.29, 1.82) is 0 Å². The van der Waals surface area contributed by atoms with Crippen molar-refractivity contribution in [2.24, 2.45) is 0 Å². The van der Waals surface area contributed by atoms with Crippen LogP contribution in [0.25, 0.3) is 0 Å². The minimum Gasteiger partial charge on any atom is -0.768 e. The smallest absolute Gasteiger partial charge is 0.417 e. The number of hydrogen-bond acceptors (Lipinski definition) is 5. The molecule has 0 fully saturated rings. The van der Waals surface area contributed by atoms with E-state index in [0.29, 0.717) is 25.1 Å². The van der Waals surface area contributed by atoms with Crippen LogP contribution < -0.4 is 4.74 Å². The summed E-state index contributed by atoms with van der Waals surface area (Å²) in [6.07, 6.45) is -4.77. The average molecular weight is 649 g/mol. The lowest BCUT2D eigenvalue weighted by atomic mass is 9.90. The van der Waals surface area contributed by atoms with Crippen LogP contribution in [0.15, 0.2) is 95.9 Å². The van der Waals surface area contributed by atoms with Crippen LogP contribution in [0, 0.1) is 5.82 Å². The highest BCUT2D eigenvalue weighted by Crippen LogP contribution is 2.37. The van der Waals surface area contributed by atoms with Crippen molar-refractivity contribution < 1.29 is 36.2 Å². The third kappa shape index (κ3) is 8.67. The Morgan fingerprint density at radius 1 is 0.977 bits per heavy atom. The molecular weight excluding hydrogens is 618 g/mol. The number of aliphatic hydroxyl groups excluding tert-OH is 1. The van der Waals surface area contributed by atoms with E-state index in [2.05, 4.69) is 0 Å². The highest BCUT2D eigenvalue weighted by atomic mass is 35.5. The topological polar surface area (TPSA) is 72.8 Å². The van der Waals surface area contributed by atoms with Crippen LogP contribution >= 0.6 is 11.6 Å². The van der Waals surface area contributed by atoms with Gasteiger partial charge in [0.05, 0.1) is 23.3 Å². The van der Waals surface area contributed by atoms with Gasteiger partial charge >= 0.3 is 6.18 Å². The third-order valence-electron chi connectivity index (χ3n) is 7.28. The van der Waals surface area contributed by atoms with E-state index in [9.17, 15) is 31.4 Å². The summed E-state index contributed by atoms with van der Waals surface area (Å²) in [5.74, 6) is -1.05. The molecule has 5 nitrogen and oxygen atoms in total. The molecule has 0 aliphatic carbocycles. The SMILES string of the molecule is C[C@H](CCN(Cc1cccc(C(F)(F)F)c1Cl)CC(c1ccccc1)c1ccccc1)Oc1cc(F)c(CO)c(S(=O)[O-])c1. The van der Waals surface area contributed by atoms with Gasteiger partial charge in [0.15, 0.2) is 0 Å². The lowest BCUT2D eigenvalue weighted by Crippen LogP contribution is -2.32. The number of benzene rings is 4. The van der Waals surface area contributed by atoms with Crippen molar-refractivity contribution in [1.82, 2.24) is 4.90 Å². The minimum absolute atomic E-state index is 0.0229. The molecule has 1 unspecified atom stereocenters.